The van der Waals surface area contributed by atoms with E-state index < -0.39 is 0 Å². The lowest BCUT2D eigenvalue weighted by Gasteiger charge is -2.13. The van der Waals surface area contributed by atoms with E-state index in [1.54, 1.807) is 14.2 Å². The number of ether oxygens (including phenoxy) is 2. The Morgan fingerprint density at radius 1 is 0.621 bits per heavy atom. The summed E-state index contributed by atoms with van der Waals surface area (Å²) in [6.07, 6.45) is 3.48. The summed E-state index contributed by atoms with van der Waals surface area (Å²) in [5, 5.41) is 11.6. The van der Waals surface area contributed by atoms with Crippen molar-refractivity contribution in [2.24, 2.45) is 0 Å². The van der Waals surface area contributed by atoms with Gasteiger partial charge in [-0.15, -0.1) is 10.2 Å². The van der Waals surface area contributed by atoms with Crippen molar-refractivity contribution in [3.63, 3.8) is 0 Å². The maximum Gasteiger partial charge on any atom is 0.118 e. The van der Waals surface area contributed by atoms with E-state index in [9.17, 15) is 0 Å². The molecule has 1 aliphatic carbocycles. The van der Waals surface area contributed by atoms with Crippen molar-refractivity contribution >= 4 is 10.8 Å². The van der Waals surface area contributed by atoms with E-state index in [1.807, 2.05) is 48.5 Å². The molecule has 1 aromatic heterocycles. The van der Waals surface area contributed by atoms with E-state index in [4.69, 9.17) is 9.47 Å². The van der Waals surface area contributed by atoms with Crippen molar-refractivity contribution in [3.05, 3.63) is 71.8 Å². The van der Waals surface area contributed by atoms with Gasteiger partial charge in [-0.2, -0.15) is 0 Å². The quantitative estimate of drug-likeness (QED) is 0.469. The van der Waals surface area contributed by atoms with Crippen molar-refractivity contribution in [1.82, 2.24) is 10.2 Å². The normalized spacial score (nSPS) is 12.8. The minimum absolute atomic E-state index is 0.835. The maximum atomic E-state index is 5.30. The van der Waals surface area contributed by atoms with Crippen molar-refractivity contribution in [3.8, 4) is 34.0 Å². The monoisotopic (exact) mass is 382 g/mol. The van der Waals surface area contributed by atoms with E-state index in [2.05, 4.69) is 22.3 Å². The topological polar surface area (TPSA) is 44.2 Å². The van der Waals surface area contributed by atoms with E-state index in [1.165, 1.54) is 17.5 Å². The van der Waals surface area contributed by atoms with E-state index in [0.29, 0.717) is 0 Å². The highest BCUT2D eigenvalue weighted by atomic mass is 16.5. The Balaban J connectivity index is 1.73. The molecule has 0 spiro atoms. The zero-order valence-electron chi connectivity index (χ0n) is 16.6. The highest BCUT2D eigenvalue weighted by Gasteiger charge is 2.18. The summed E-state index contributed by atoms with van der Waals surface area (Å²) < 4.78 is 10.6. The number of aryl methyl sites for hydroxylation is 2. The van der Waals surface area contributed by atoms with Crippen LogP contribution in [0.2, 0.25) is 0 Å². The number of nitrogens with zero attached hydrogens (tertiary/aromatic N) is 2. The van der Waals surface area contributed by atoms with Gasteiger partial charge in [-0.3, -0.25) is 0 Å². The molecule has 1 aliphatic rings. The molecule has 0 unspecified atom stereocenters. The first kappa shape index (κ1) is 17.7. The summed E-state index contributed by atoms with van der Waals surface area (Å²) in [6.45, 7) is 0. The third kappa shape index (κ3) is 3.11. The number of fused-ring (bicyclic) bond motifs is 2. The Hall–Kier alpha value is -3.40. The first-order valence-electron chi connectivity index (χ1n) is 9.88. The molecule has 0 radical (unpaired) electrons. The SMILES string of the molecule is COc1ccc(-c2nnc(-c3ccc(OC)cc3)c3cc4c(cc23)CCC4)cc1. The molecule has 4 heteroatoms. The number of methoxy groups -OCH3 is 2. The summed E-state index contributed by atoms with van der Waals surface area (Å²) in [7, 11) is 3.36. The van der Waals surface area contributed by atoms with Crippen LogP contribution in [0.1, 0.15) is 17.5 Å². The number of hydrogen-bond donors (Lipinski definition) is 0. The minimum atomic E-state index is 0.835. The van der Waals surface area contributed by atoms with Crippen molar-refractivity contribution in [2.75, 3.05) is 14.2 Å². The van der Waals surface area contributed by atoms with Gasteiger partial charge in [0.1, 0.15) is 22.9 Å². The number of benzene rings is 3. The van der Waals surface area contributed by atoms with Gasteiger partial charge in [0.15, 0.2) is 0 Å². The molecule has 0 amide bonds. The highest BCUT2D eigenvalue weighted by Crippen LogP contribution is 2.37. The van der Waals surface area contributed by atoms with Crippen LogP contribution in [0.3, 0.4) is 0 Å². The average molecular weight is 382 g/mol. The van der Waals surface area contributed by atoms with E-state index >= 15 is 0 Å². The number of hydrogen-bond acceptors (Lipinski definition) is 4. The first-order chi connectivity index (χ1) is 14.3. The predicted molar refractivity (Wildman–Crippen MR) is 116 cm³/mol. The molecule has 0 atom stereocenters. The fourth-order valence-electron chi connectivity index (χ4n) is 4.15. The lowest BCUT2D eigenvalue weighted by Crippen LogP contribution is -1.97. The molecule has 3 aromatic carbocycles. The Labute approximate surface area is 170 Å². The molecule has 0 bridgehead atoms. The van der Waals surface area contributed by atoms with Crippen LogP contribution in [0.25, 0.3) is 33.3 Å². The summed E-state index contributed by atoms with van der Waals surface area (Å²) in [5.41, 5.74) is 6.77. The molecule has 0 N–H and O–H groups in total. The smallest absolute Gasteiger partial charge is 0.118 e. The van der Waals surface area contributed by atoms with E-state index in [0.717, 1.165) is 57.6 Å². The van der Waals surface area contributed by atoms with Gasteiger partial charge in [-0.05, 0) is 91.1 Å². The second-order valence-corrected chi connectivity index (χ2v) is 7.37. The Kier molecular flexibility index (Phi) is 4.39. The Bertz CT molecular complexity index is 1090. The zero-order valence-corrected chi connectivity index (χ0v) is 16.6. The largest absolute Gasteiger partial charge is 0.497 e. The van der Waals surface area contributed by atoms with Crippen molar-refractivity contribution in [2.45, 2.75) is 19.3 Å². The van der Waals surface area contributed by atoms with Gasteiger partial charge < -0.3 is 9.47 Å². The predicted octanol–water partition coefficient (Wildman–Crippen LogP) is 5.47. The van der Waals surface area contributed by atoms with Crippen LogP contribution >= 0.6 is 0 Å². The van der Waals surface area contributed by atoms with Gasteiger partial charge in [0.25, 0.3) is 0 Å². The minimum Gasteiger partial charge on any atom is -0.497 e. The first-order valence-corrected chi connectivity index (χ1v) is 9.88. The third-order valence-corrected chi connectivity index (χ3v) is 5.72. The third-order valence-electron chi connectivity index (χ3n) is 5.72. The summed E-state index contributed by atoms with van der Waals surface area (Å²) in [4.78, 5) is 0. The summed E-state index contributed by atoms with van der Waals surface area (Å²) in [6, 6.07) is 20.7. The van der Waals surface area contributed by atoms with Crippen LogP contribution in [-0.4, -0.2) is 24.4 Å². The second kappa shape index (κ2) is 7.21. The Morgan fingerprint density at radius 2 is 1.03 bits per heavy atom. The van der Waals surface area contributed by atoms with Gasteiger partial charge in [0.2, 0.25) is 0 Å². The van der Waals surface area contributed by atoms with Crippen LogP contribution in [-0.2, 0) is 12.8 Å². The molecule has 5 rings (SSSR count). The number of aromatic nitrogens is 2. The molecular formula is C25H22N2O2. The summed E-state index contributed by atoms with van der Waals surface area (Å²) >= 11 is 0. The van der Waals surface area contributed by atoms with Crippen LogP contribution in [0.15, 0.2) is 60.7 Å². The van der Waals surface area contributed by atoms with Gasteiger partial charge >= 0.3 is 0 Å². The van der Waals surface area contributed by atoms with Gasteiger partial charge in [-0.1, -0.05) is 0 Å². The lowest BCUT2D eigenvalue weighted by atomic mass is 9.96. The molecule has 4 nitrogen and oxygen atoms in total. The molecule has 4 aromatic rings. The maximum absolute atomic E-state index is 5.30. The van der Waals surface area contributed by atoms with E-state index in [-0.39, 0.29) is 0 Å². The molecule has 0 saturated heterocycles. The lowest BCUT2D eigenvalue weighted by molar-refractivity contribution is 0.414. The average Bonchev–Trinajstić information content (AvgIpc) is 3.24. The molecular weight excluding hydrogens is 360 g/mol. The van der Waals surface area contributed by atoms with Crippen LogP contribution < -0.4 is 9.47 Å². The standard InChI is InChI=1S/C25H22N2O2/c1-28-20-10-6-16(7-11-20)24-22-14-18-4-3-5-19(18)15-23(22)25(27-26-24)17-8-12-21(29-2)13-9-17/h6-15H,3-5H2,1-2H3. The highest BCUT2D eigenvalue weighted by molar-refractivity contribution is 6.02. The van der Waals surface area contributed by atoms with Crippen molar-refractivity contribution in [1.29, 1.82) is 0 Å². The van der Waals surface area contributed by atoms with Gasteiger partial charge in [-0.25, -0.2) is 0 Å². The number of rotatable bonds is 4. The molecule has 1 heterocycles. The molecule has 144 valence electrons. The molecule has 0 fully saturated rings. The fourth-order valence-corrected chi connectivity index (χ4v) is 4.15. The molecule has 0 saturated carbocycles. The van der Waals surface area contributed by atoms with Gasteiger partial charge in [0, 0.05) is 21.9 Å². The van der Waals surface area contributed by atoms with Crippen molar-refractivity contribution < 1.29 is 9.47 Å². The van der Waals surface area contributed by atoms with Gasteiger partial charge in [0.05, 0.1) is 14.2 Å². The fraction of sp³-hybridized carbons (Fsp3) is 0.200. The second-order valence-electron chi connectivity index (χ2n) is 7.37. The van der Waals surface area contributed by atoms with Crippen LogP contribution in [0.5, 0.6) is 11.5 Å². The zero-order chi connectivity index (χ0) is 19.8. The molecule has 29 heavy (non-hydrogen) atoms. The van der Waals surface area contributed by atoms with Crippen LogP contribution in [0.4, 0.5) is 0 Å². The Morgan fingerprint density at radius 3 is 1.41 bits per heavy atom. The van der Waals surface area contributed by atoms with Crippen LogP contribution in [0, 0.1) is 0 Å². The molecule has 0 aliphatic heterocycles. The summed E-state index contributed by atoms with van der Waals surface area (Å²) in [5.74, 6) is 1.67.